The summed E-state index contributed by atoms with van der Waals surface area (Å²) in [7, 11) is -3.13. The van der Waals surface area contributed by atoms with E-state index in [1.807, 2.05) is 36.4 Å². The van der Waals surface area contributed by atoms with Gasteiger partial charge in [0, 0.05) is 22.6 Å². The molecule has 2 aromatic carbocycles. The second-order valence-electron chi connectivity index (χ2n) is 4.16. The summed E-state index contributed by atoms with van der Waals surface area (Å²) in [5, 5.41) is 0. The van der Waals surface area contributed by atoms with E-state index in [1.165, 1.54) is 6.26 Å². The third-order valence-electron chi connectivity index (χ3n) is 2.67. The third-order valence-corrected chi connectivity index (χ3v) is 4.93. The number of sulfone groups is 1. The largest absolute Gasteiger partial charge is 0.326 e. The summed E-state index contributed by atoms with van der Waals surface area (Å²) in [6, 6.07) is 14.8. The van der Waals surface area contributed by atoms with Gasteiger partial charge in [-0.1, -0.05) is 30.0 Å². The summed E-state index contributed by atoms with van der Waals surface area (Å²) in [5.41, 5.74) is 6.78. The van der Waals surface area contributed by atoms with E-state index in [0.717, 1.165) is 15.4 Å². The lowest BCUT2D eigenvalue weighted by molar-refractivity contribution is 0.602. The molecule has 0 heterocycles. The molecule has 19 heavy (non-hydrogen) atoms. The Hall–Kier alpha value is -1.30. The predicted molar refractivity (Wildman–Crippen MR) is 78.0 cm³/mol. The topological polar surface area (TPSA) is 60.2 Å². The minimum Gasteiger partial charge on any atom is -0.326 e. The van der Waals surface area contributed by atoms with Gasteiger partial charge in [-0.25, -0.2) is 8.42 Å². The summed E-state index contributed by atoms with van der Waals surface area (Å²) in [4.78, 5) is 2.43. The van der Waals surface area contributed by atoms with Crippen LogP contribution in [0.25, 0.3) is 0 Å². The molecule has 100 valence electrons. The molecule has 0 saturated carbocycles. The Kier molecular flexibility index (Phi) is 4.29. The first-order valence-electron chi connectivity index (χ1n) is 5.76. The van der Waals surface area contributed by atoms with Gasteiger partial charge in [-0.2, -0.15) is 0 Å². The number of benzene rings is 2. The Balaban J connectivity index is 2.25. The van der Waals surface area contributed by atoms with E-state index >= 15 is 0 Å². The Bertz CT molecular complexity index is 664. The average Bonchev–Trinajstić information content (AvgIpc) is 2.39. The van der Waals surface area contributed by atoms with E-state index < -0.39 is 9.84 Å². The highest BCUT2D eigenvalue weighted by molar-refractivity contribution is 7.99. The first-order valence-corrected chi connectivity index (χ1v) is 8.47. The molecule has 2 aromatic rings. The highest BCUT2D eigenvalue weighted by atomic mass is 32.2. The lowest BCUT2D eigenvalue weighted by Crippen LogP contribution is -1.98. The van der Waals surface area contributed by atoms with Crippen LogP contribution in [-0.4, -0.2) is 14.7 Å². The fraction of sp³-hybridized carbons (Fsp3) is 0.143. The van der Waals surface area contributed by atoms with E-state index in [-0.39, 0.29) is 0 Å². The molecule has 3 nitrogen and oxygen atoms in total. The standard InChI is InChI=1S/C14H15NO2S2/c1-19(16,17)13-8-6-12(7-9-13)18-14-5-3-2-4-11(14)10-15/h2-9H,10,15H2,1H3. The molecule has 0 aliphatic heterocycles. The van der Waals surface area contributed by atoms with Gasteiger partial charge in [-0.15, -0.1) is 0 Å². The zero-order valence-corrected chi connectivity index (χ0v) is 12.2. The minimum atomic E-state index is -3.13. The molecule has 0 unspecified atom stereocenters. The van der Waals surface area contributed by atoms with Crippen LogP contribution in [0.3, 0.4) is 0 Å². The summed E-state index contributed by atoms with van der Waals surface area (Å²) in [6.07, 6.45) is 1.21. The van der Waals surface area contributed by atoms with Crippen LogP contribution in [0.5, 0.6) is 0 Å². The minimum absolute atomic E-state index is 0.337. The van der Waals surface area contributed by atoms with E-state index in [2.05, 4.69) is 0 Å². The van der Waals surface area contributed by atoms with Crippen molar-refractivity contribution in [3.63, 3.8) is 0 Å². The van der Waals surface area contributed by atoms with Crippen LogP contribution in [0.15, 0.2) is 63.2 Å². The van der Waals surface area contributed by atoms with Gasteiger partial charge in [0.05, 0.1) is 4.90 Å². The van der Waals surface area contributed by atoms with Crippen molar-refractivity contribution in [1.29, 1.82) is 0 Å². The maximum Gasteiger partial charge on any atom is 0.175 e. The summed E-state index contributed by atoms with van der Waals surface area (Å²) < 4.78 is 22.8. The fourth-order valence-corrected chi connectivity index (χ4v) is 3.24. The summed E-state index contributed by atoms with van der Waals surface area (Å²) in [5.74, 6) is 0. The van der Waals surface area contributed by atoms with Crippen LogP contribution in [0.4, 0.5) is 0 Å². The molecule has 5 heteroatoms. The van der Waals surface area contributed by atoms with Gasteiger partial charge in [0.1, 0.15) is 0 Å². The smallest absolute Gasteiger partial charge is 0.175 e. The molecule has 0 atom stereocenters. The molecule has 0 saturated heterocycles. The van der Waals surface area contributed by atoms with Gasteiger partial charge in [-0.05, 0) is 35.9 Å². The highest BCUT2D eigenvalue weighted by Gasteiger charge is 2.07. The zero-order valence-electron chi connectivity index (χ0n) is 10.5. The van der Waals surface area contributed by atoms with Gasteiger partial charge in [0.2, 0.25) is 0 Å². The summed E-state index contributed by atoms with van der Waals surface area (Å²) in [6.45, 7) is 0.491. The molecule has 0 bridgehead atoms. The Labute approximate surface area is 117 Å². The SMILES string of the molecule is CS(=O)(=O)c1ccc(Sc2ccccc2CN)cc1. The first kappa shape index (κ1) is 14.1. The quantitative estimate of drug-likeness (QED) is 0.941. The molecule has 0 aliphatic carbocycles. The van der Waals surface area contributed by atoms with Crippen LogP contribution < -0.4 is 5.73 Å². The second kappa shape index (κ2) is 5.77. The van der Waals surface area contributed by atoms with Gasteiger partial charge in [-0.3, -0.25) is 0 Å². The van der Waals surface area contributed by atoms with E-state index in [4.69, 9.17) is 5.73 Å². The molecule has 2 rings (SSSR count). The average molecular weight is 293 g/mol. The second-order valence-corrected chi connectivity index (χ2v) is 7.29. The van der Waals surface area contributed by atoms with Crippen molar-refractivity contribution in [1.82, 2.24) is 0 Å². The van der Waals surface area contributed by atoms with Gasteiger partial charge < -0.3 is 5.73 Å². The molecular formula is C14H15NO2S2. The predicted octanol–water partition coefficient (Wildman–Crippen LogP) is 2.70. The Morgan fingerprint density at radius 3 is 2.26 bits per heavy atom. The van der Waals surface area contributed by atoms with Gasteiger partial charge in [0.15, 0.2) is 9.84 Å². The van der Waals surface area contributed by atoms with Crippen molar-refractivity contribution in [2.45, 2.75) is 21.2 Å². The van der Waals surface area contributed by atoms with Gasteiger partial charge >= 0.3 is 0 Å². The first-order chi connectivity index (χ1) is 9.00. The van der Waals surface area contributed by atoms with E-state index in [1.54, 1.807) is 23.9 Å². The van der Waals surface area contributed by atoms with Crippen molar-refractivity contribution in [2.24, 2.45) is 5.73 Å². The van der Waals surface area contributed by atoms with Gasteiger partial charge in [0.25, 0.3) is 0 Å². The maximum absolute atomic E-state index is 11.4. The Morgan fingerprint density at radius 2 is 1.68 bits per heavy atom. The lowest BCUT2D eigenvalue weighted by atomic mass is 10.2. The number of hydrogen-bond acceptors (Lipinski definition) is 4. The molecular weight excluding hydrogens is 278 g/mol. The fourth-order valence-electron chi connectivity index (χ4n) is 1.65. The normalized spacial score (nSPS) is 11.5. The molecule has 0 aromatic heterocycles. The van der Waals surface area contributed by atoms with Crippen molar-refractivity contribution in [3.8, 4) is 0 Å². The number of nitrogens with two attached hydrogens (primary N) is 1. The Morgan fingerprint density at radius 1 is 1.05 bits per heavy atom. The molecule has 0 aliphatic rings. The molecule has 0 amide bonds. The van der Waals surface area contributed by atoms with Crippen LogP contribution >= 0.6 is 11.8 Å². The van der Waals surface area contributed by atoms with Crippen molar-refractivity contribution in [2.75, 3.05) is 6.26 Å². The van der Waals surface area contributed by atoms with Crippen molar-refractivity contribution >= 4 is 21.6 Å². The molecule has 2 N–H and O–H groups in total. The monoisotopic (exact) mass is 293 g/mol. The van der Waals surface area contributed by atoms with Crippen molar-refractivity contribution in [3.05, 3.63) is 54.1 Å². The zero-order chi connectivity index (χ0) is 13.9. The lowest BCUT2D eigenvalue weighted by Gasteiger charge is -2.07. The van der Waals surface area contributed by atoms with Crippen LogP contribution in [-0.2, 0) is 16.4 Å². The highest BCUT2D eigenvalue weighted by Crippen LogP contribution is 2.30. The maximum atomic E-state index is 11.4. The summed E-state index contributed by atoms with van der Waals surface area (Å²) >= 11 is 1.58. The van der Waals surface area contributed by atoms with E-state index in [9.17, 15) is 8.42 Å². The third kappa shape index (κ3) is 3.59. The molecule has 0 radical (unpaired) electrons. The number of rotatable bonds is 4. The van der Waals surface area contributed by atoms with Crippen LogP contribution in [0, 0.1) is 0 Å². The molecule has 0 fully saturated rings. The number of hydrogen-bond donors (Lipinski definition) is 1. The van der Waals surface area contributed by atoms with Crippen LogP contribution in [0.2, 0.25) is 0 Å². The van der Waals surface area contributed by atoms with Crippen LogP contribution in [0.1, 0.15) is 5.56 Å². The van der Waals surface area contributed by atoms with Crippen molar-refractivity contribution < 1.29 is 8.42 Å². The van der Waals surface area contributed by atoms with E-state index in [0.29, 0.717) is 11.4 Å². The molecule has 0 spiro atoms.